The van der Waals surface area contributed by atoms with E-state index in [2.05, 4.69) is 10.3 Å². The zero-order valence-corrected chi connectivity index (χ0v) is 14.4. The average Bonchev–Trinajstić information content (AvgIpc) is 2.99. The molecule has 2 heterocycles. The van der Waals surface area contributed by atoms with Crippen LogP contribution >= 0.6 is 11.3 Å². The van der Waals surface area contributed by atoms with Crippen LogP contribution in [0.25, 0.3) is 0 Å². The maximum absolute atomic E-state index is 12.3. The lowest BCUT2D eigenvalue weighted by Crippen LogP contribution is -2.45. The van der Waals surface area contributed by atoms with Gasteiger partial charge in [-0.05, 0) is 26.0 Å². The molecule has 0 saturated carbocycles. The van der Waals surface area contributed by atoms with Gasteiger partial charge in [-0.2, -0.15) is 0 Å². The number of anilines is 1. The van der Waals surface area contributed by atoms with Crippen molar-refractivity contribution in [3.05, 3.63) is 40.3 Å². The highest BCUT2D eigenvalue weighted by atomic mass is 32.1. The lowest BCUT2D eigenvalue weighted by molar-refractivity contribution is -0.125. The molecule has 2 aromatic rings. The predicted molar refractivity (Wildman–Crippen MR) is 92.2 cm³/mol. The first-order valence-electron chi connectivity index (χ1n) is 7.79. The Kier molecular flexibility index (Phi) is 4.80. The smallest absolute Gasteiger partial charge is 0.267 e. The number of ether oxygens (including phenoxy) is 1. The molecule has 1 aliphatic heterocycles. The number of hydrogen-bond donors (Lipinski definition) is 1. The summed E-state index contributed by atoms with van der Waals surface area (Å²) in [6.07, 6.45) is -0.307. The van der Waals surface area contributed by atoms with E-state index in [1.807, 2.05) is 36.6 Å². The van der Waals surface area contributed by atoms with Gasteiger partial charge in [0.1, 0.15) is 10.8 Å². The summed E-state index contributed by atoms with van der Waals surface area (Å²) >= 11 is 1.52. The highest BCUT2D eigenvalue weighted by Gasteiger charge is 2.31. The molecule has 1 N–H and O–H groups in total. The van der Waals surface area contributed by atoms with E-state index in [9.17, 15) is 9.59 Å². The summed E-state index contributed by atoms with van der Waals surface area (Å²) in [5.74, 6) is 0.438. The van der Waals surface area contributed by atoms with Crippen molar-refractivity contribution in [2.75, 3.05) is 11.4 Å². The fraction of sp³-hybridized carbons (Fsp3) is 0.353. The van der Waals surface area contributed by atoms with Crippen molar-refractivity contribution in [1.29, 1.82) is 0 Å². The van der Waals surface area contributed by atoms with Gasteiger partial charge in [-0.15, -0.1) is 11.3 Å². The second kappa shape index (κ2) is 7.00. The number of para-hydroxylation sites is 2. The van der Waals surface area contributed by atoms with Crippen LogP contribution in [0.2, 0.25) is 0 Å². The molecule has 0 bridgehead atoms. The van der Waals surface area contributed by atoms with Gasteiger partial charge in [0, 0.05) is 24.0 Å². The number of carbonyl (C=O) groups excluding carboxylic acids is 2. The molecule has 3 rings (SSSR count). The van der Waals surface area contributed by atoms with Gasteiger partial charge < -0.3 is 15.0 Å². The molecule has 0 spiro atoms. The fourth-order valence-corrected chi connectivity index (χ4v) is 3.26. The van der Waals surface area contributed by atoms with E-state index in [1.165, 1.54) is 11.3 Å². The maximum atomic E-state index is 12.3. The summed E-state index contributed by atoms with van der Waals surface area (Å²) in [4.78, 5) is 30.3. The predicted octanol–water partition coefficient (Wildman–Crippen LogP) is 2.27. The summed E-state index contributed by atoms with van der Waals surface area (Å²) in [6, 6.07) is 7.37. The minimum Gasteiger partial charge on any atom is -0.479 e. The Morgan fingerprint density at radius 1 is 1.42 bits per heavy atom. The van der Waals surface area contributed by atoms with Crippen molar-refractivity contribution in [2.24, 2.45) is 0 Å². The zero-order chi connectivity index (χ0) is 17.1. The van der Waals surface area contributed by atoms with Gasteiger partial charge in [0.2, 0.25) is 5.91 Å². The fourth-order valence-electron chi connectivity index (χ4n) is 2.55. The molecule has 1 aromatic heterocycles. The Bertz CT molecular complexity index is 759. The van der Waals surface area contributed by atoms with Gasteiger partial charge in [0.15, 0.2) is 6.10 Å². The first-order chi connectivity index (χ1) is 11.5. The molecule has 6 nitrogen and oxygen atoms in total. The van der Waals surface area contributed by atoms with Crippen molar-refractivity contribution in [3.8, 4) is 5.75 Å². The van der Waals surface area contributed by atoms with Gasteiger partial charge in [0.25, 0.3) is 5.91 Å². The van der Waals surface area contributed by atoms with Crippen molar-refractivity contribution >= 4 is 28.8 Å². The number of benzene rings is 1. The molecule has 1 aliphatic rings. The third-order valence-corrected chi connectivity index (χ3v) is 4.71. The van der Waals surface area contributed by atoms with Crippen molar-refractivity contribution in [2.45, 2.75) is 32.9 Å². The summed E-state index contributed by atoms with van der Waals surface area (Å²) in [5, 5.41) is 5.67. The van der Waals surface area contributed by atoms with Gasteiger partial charge in [-0.3, -0.25) is 9.59 Å². The standard InChI is InChI=1S/C17H19N3O3S/c1-11-10-24-16(19-11)9-18-15(21)7-8-20-13-5-3-4-6-14(13)23-12(2)17(20)22/h3-6,10,12H,7-9H2,1-2H3,(H,18,21)/t12-/m0/s1. The number of thiazole rings is 1. The number of rotatable bonds is 5. The van der Waals surface area contributed by atoms with Gasteiger partial charge in [-0.1, -0.05) is 12.1 Å². The molecule has 24 heavy (non-hydrogen) atoms. The number of nitrogens with zero attached hydrogens (tertiary/aromatic N) is 2. The summed E-state index contributed by atoms with van der Waals surface area (Å²) in [6.45, 7) is 4.38. The van der Waals surface area contributed by atoms with E-state index < -0.39 is 6.10 Å². The van der Waals surface area contributed by atoms with E-state index in [4.69, 9.17) is 4.74 Å². The lowest BCUT2D eigenvalue weighted by Gasteiger charge is -2.32. The molecular formula is C17H19N3O3S. The second-order valence-corrected chi connectivity index (χ2v) is 6.57. The van der Waals surface area contributed by atoms with Crippen LogP contribution in [0.5, 0.6) is 5.75 Å². The first-order valence-corrected chi connectivity index (χ1v) is 8.67. The topological polar surface area (TPSA) is 71.5 Å². The second-order valence-electron chi connectivity index (χ2n) is 5.63. The Morgan fingerprint density at radius 3 is 2.96 bits per heavy atom. The summed E-state index contributed by atoms with van der Waals surface area (Å²) < 4.78 is 5.59. The quantitative estimate of drug-likeness (QED) is 0.902. The van der Waals surface area contributed by atoms with Crippen LogP contribution in [0.3, 0.4) is 0 Å². The van der Waals surface area contributed by atoms with Crippen LogP contribution in [0.15, 0.2) is 29.6 Å². The minimum atomic E-state index is -0.541. The number of aryl methyl sites for hydroxylation is 1. The molecule has 0 radical (unpaired) electrons. The number of carbonyl (C=O) groups is 2. The van der Waals surface area contributed by atoms with E-state index in [0.29, 0.717) is 24.5 Å². The molecule has 0 saturated heterocycles. The largest absolute Gasteiger partial charge is 0.479 e. The molecule has 0 aliphatic carbocycles. The van der Waals surface area contributed by atoms with E-state index in [1.54, 1.807) is 11.8 Å². The highest BCUT2D eigenvalue weighted by molar-refractivity contribution is 7.09. The molecule has 7 heteroatoms. The summed E-state index contributed by atoms with van der Waals surface area (Å²) in [5.41, 5.74) is 1.66. The molecule has 1 atom stereocenters. The molecule has 2 amide bonds. The van der Waals surface area contributed by atoms with Crippen molar-refractivity contribution in [1.82, 2.24) is 10.3 Å². The zero-order valence-electron chi connectivity index (χ0n) is 13.6. The van der Waals surface area contributed by atoms with Gasteiger partial charge >= 0.3 is 0 Å². The molecule has 0 fully saturated rings. The Balaban J connectivity index is 1.59. The van der Waals surface area contributed by atoms with E-state index >= 15 is 0 Å². The minimum absolute atomic E-state index is 0.104. The third kappa shape index (κ3) is 3.56. The van der Waals surface area contributed by atoms with Crippen LogP contribution in [0.1, 0.15) is 24.0 Å². The molecule has 1 aromatic carbocycles. The van der Waals surface area contributed by atoms with Crippen molar-refractivity contribution < 1.29 is 14.3 Å². The maximum Gasteiger partial charge on any atom is 0.267 e. The molecule has 126 valence electrons. The van der Waals surface area contributed by atoms with Crippen LogP contribution in [-0.4, -0.2) is 29.4 Å². The number of nitrogens with one attached hydrogen (secondary N) is 1. The SMILES string of the molecule is Cc1csc(CNC(=O)CCN2C(=O)[C@H](C)Oc3ccccc32)n1. The van der Waals surface area contributed by atoms with Crippen molar-refractivity contribution in [3.63, 3.8) is 0 Å². The van der Waals surface area contributed by atoms with Crippen LogP contribution < -0.4 is 15.0 Å². The summed E-state index contributed by atoms with van der Waals surface area (Å²) in [7, 11) is 0. The van der Waals surface area contributed by atoms with Gasteiger partial charge in [0.05, 0.1) is 12.2 Å². The van der Waals surface area contributed by atoms with Gasteiger partial charge in [-0.25, -0.2) is 4.98 Å². The molecular weight excluding hydrogens is 326 g/mol. The Hall–Kier alpha value is -2.41. The number of fused-ring (bicyclic) bond motifs is 1. The van der Waals surface area contributed by atoms with E-state index in [-0.39, 0.29) is 18.2 Å². The number of aromatic nitrogens is 1. The lowest BCUT2D eigenvalue weighted by atomic mass is 10.1. The highest BCUT2D eigenvalue weighted by Crippen LogP contribution is 2.33. The number of amides is 2. The van der Waals surface area contributed by atoms with Crippen LogP contribution in [0, 0.1) is 6.92 Å². The Labute approximate surface area is 144 Å². The monoisotopic (exact) mass is 345 g/mol. The number of hydrogen-bond acceptors (Lipinski definition) is 5. The first kappa shape index (κ1) is 16.4. The van der Waals surface area contributed by atoms with Crippen LogP contribution in [-0.2, 0) is 16.1 Å². The molecule has 0 unspecified atom stereocenters. The Morgan fingerprint density at radius 2 is 2.21 bits per heavy atom. The van der Waals surface area contributed by atoms with E-state index in [0.717, 1.165) is 10.7 Å². The normalized spacial score (nSPS) is 16.5. The third-order valence-electron chi connectivity index (χ3n) is 3.74. The average molecular weight is 345 g/mol. The van der Waals surface area contributed by atoms with Crippen LogP contribution in [0.4, 0.5) is 5.69 Å².